The summed E-state index contributed by atoms with van der Waals surface area (Å²) in [6, 6.07) is 0. The molecule has 0 saturated heterocycles. The summed E-state index contributed by atoms with van der Waals surface area (Å²) in [4.78, 5) is 4.59. The third kappa shape index (κ3) is 3.96. The zero-order chi connectivity index (χ0) is 14.6. The largest absolute Gasteiger partial charge is 0.411 e. The van der Waals surface area contributed by atoms with Crippen molar-refractivity contribution < 1.29 is 17.9 Å². The third-order valence-electron chi connectivity index (χ3n) is 3.26. The van der Waals surface area contributed by atoms with Crippen LogP contribution < -0.4 is 5.32 Å². The van der Waals surface area contributed by atoms with Crippen molar-refractivity contribution in [1.82, 2.24) is 14.9 Å². The van der Waals surface area contributed by atoms with Gasteiger partial charge in [-0.2, -0.15) is 13.2 Å². The van der Waals surface area contributed by atoms with Gasteiger partial charge in [-0.3, -0.25) is 0 Å². The van der Waals surface area contributed by atoms with Crippen LogP contribution in [0, 0.1) is 0 Å². The molecule has 0 radical (unpaired) electrons. The van der Waals surface area contributed by atoms with Gasteiger partial charge in [0, 0.05) is 38.2 Å². The number of ether oxygens (including phenoxy) is 1. The van der Waals surface area contributed by atoms with E-state index in [0.717, 1.165) is 49.6 Å². The number of fused-ring (bicyclic) bond motifs is 1. The summed E-state index contributed by atoms with van der Waals surface area (Å²) >= 11 is 0. The molecule has 114 valence electrons. The first-order chi connectivity index (χ1) is 9.51. The minimum absolute atomic E-state index is 0.0620. The van der Waals surface area contributed by atoms with Crippen molar-refractivity contribution in [3.05, 3.63) is 17.2 Å². The van der Waals surface area contributed by atoms with Crippen LogP contribution in [0.15, 0.2) is 0 Å². The number of alkyl halides is 3. The Hall–Kier alpha value is -1.08. The van der Waals surface area contributed by atoms with Crippen LogP contribution in [-0.2, 0) is 30.7 Å². The fourth-order valence-electron chi connectivity index (χ4n) is 2.45. The van der Waals surface area contributed by atoms with Gasteiger partial charge in [0.2, 0.25) is 0 Å². The minimum Gasteiger partial charge on any atom is -0.370 e. The average molecular weight is 291 g/mol. The van der Waals surface area contributed by atoms with Crippen molar-refractivity contribution in [3.63, 3.8) is 0 Å². The summed E-state index contributed by atoms with van der Waals surface area (Å²) in [5, 5.41) is 3.25. The van der Waals surface area contributed by atoms with Crippen molar-refractivity contribution in [2.75, 3.05) is 19.8 Å². The molecule has 0 aliphatic carbocycles. The Morgan fingerprint density at radius 2 is 2.20 bits per heavy atom. The maximum Gasteiger partial charge on any atom is 0.411 e. The maximum absolute atomic E-state index is 12.0. The molecule has 2 rings (SSSR count). The second kappa shape index (κ2) is 6.58. The van der Waals surface area contributed by atoms with E-state index in [1.807, 2.05) is 4.57 Å². The normalized spacial score (nSPS) is 15.4. The standard InChI is InChI=1S/C13H20F3N3O/c1-2-3-12-18-10-8-17-5-4-11(10)19(12)6-7-20-9-13(14,15)16/h17H,2-9H2,1H3. The lowest BCUT2D eigenvalue weighted by Gasteiger charge is -2.16. The highest BCUT2D eigenvalue weighted by atomic mass is 19.4. The lowest BCUT2D eigenvalue weighted by molar-refractivity contribution is -0.174. The van der Waals surface area contributed by atoms with E-state index in [4.69, 9.17) is 4.74 Å². The molecule has 0 fully saturated rings. The van der Waals surface area contributed by atoms with Crippen molar-refractivity contribution in [1.29, 1.82) is 0 Å². The van der Waals surface area contributed by atoms with Gasteiger partial charge in [0.1, 0.15) is 12.4 Å². The van der Waals surface area contributed by atoms with Gasteiger partial charge in [0.05, 0.1) is 12.3 Å². The Morgan fingerprint density at radius 3 is 2.90 bits per heavy atom. The monoisotopic (exact) mass is 291 g/mol. The highest BCUT2D eigenvalue weighted by molar-refractivity contribution is 5.20. The van der Waals surface area contributed by atoms with Crippen LogP contribution in [0.4, 0.5) is 13.2 Å². The Labute approximate surface area is 116 Å². The molecule has 1 aromatic heterocycles. The molecule has 4 nitrogen and oxygen atoms in total. The van der Waals surface area contributed by atoms with Crippen molar-refractivity contribution in [2.45, 2.75) is 45.5 Å². The fourth-order valence-corrected chi connectivity index (χ4v) is 2.45. The second-order valence-corrected chi connectivity index (χ2v) is 4.92. The Bertz CT molecular complexity index is 443. The maximum atomic E-state index is 12.0. The van der Waals surface area contributed by atoms with Gasteiger partial charge < -0.3 is 14.6 Å². The van der Waals surface area contributed by atoms with Gasteiger partial charge in [-0.05, 0) is 6.42 Å². The number of aryl methyl sites for hydroxylation is 1. The lowest BCUT2D eigenvalue weighted by Crippen LogP contribution is -2.26. The zero-order valence-corrected chi connectivity index (χ0v) is 11.6. The van der Waals surface area contributed by atoms with E-state index in [2.05, 4.69) is 17.2 Å². The van der Waals surface area contributed by atoms with Crippen LogP contribution >= 0.6 is 0 Å². The summed E-state index contributed by atoms with van der Waals surface area (Å²) in [5.74, 6) is 0.955. The molecule has 0 amide bonds. The van der Waals surface area contributed by atoms with Crippen molar-refractivity contribution in [3.8, 4) is 0 Å². The molecule has 1 aliphatic heterocycles. The number of aromatic nitrogens is 2. The zero-order valence-electron chi connectivity index (χ0n) is 11.6. The number of hydrogen-bond acceptors (Lipinski definition) is 3. The lowest BCUT2D eigenvalue weighted by atomic mass is 10.2. The molecule has 0 aromatic carbocycles. The molecule has 2 heterocycles. The Morgan fingerprint density at radius 1 is 1.40 bits per heavy atom. The van der Waals surface area contributed by atoms with Crippen LogP contribution in [0.2, 0.25) is 0 Å². The number of imidazole rings is 1. The molecule has 7 heteroatoms. The van der Waals surface area contributed by atoms with Crippen LogP contribution in [-0.4, -0.2) is 35.5 Å². The van der Waals surface area contributed by atoms with Crippen LogP contribution in [0.5, 0.6) is 0 Å². The summed E-state index contributed by atoms with van der Waals surface area (Å²) in [5.41, 5.74) is 2.17. The number of nitrogens with one attached hydrogen (secondary N) is 1. The highest BCUT2D eigenvalue weighted by Gasteiger charge is 2.27. The van der Waals surface area contributed by atoms with Crippen molar-refractivity contribution >= 4 is 0 Å². The van der Waals surface area contributed by atoms with E-state index >= 15 is 0 Å². The Kier molecular flexibility index (Phi) is 5.04. The molecule has 1 aliphatic rings. The predicted molar refractivity (Wildman–Crippen MR) is 68.5 cm³/mol. The quantitative estimate of drug-likeness (QED) is 0.815. The van der Waals surface area contributed by atoms with Gasteiger partial charge in [0.15, 0.2) is 0 Å². The van der Waals surface area contributed by atoms with Gasteiger partial charge in [-0.1, -0.05) is 6.92 Å². The van der Waals surface area contributed by atoms with E-state index in [0.29, 0.717) is 6.54 Å². The molecule has 0 saturated carbocycles. The van der Waals surface area contributed by atoms with E-state index in [1.54, 1.807) is 0 Å². The predicted octanol–water partition coefficient (Wildman–Crippen LogP) is 2.06. The highest BCUT2D eigenvalue weighted by Crippen LogP contribution is 2.18. The number of hydrogen-bond donors (Lipinski definition) is 1. The molecule has 0 atom stereocenters. The fraction of sp³-hybridized carbons (Fsp3) is 0.769. The molecule has 0 unspecified atom stereocenters. The topological polar surface area (TPSA) is 39.1 Å². The molecule has 1 N–H and O–H groups in total. The van der Waals surface area contributed by atoms with E-state index < -0.39 is 12.8 Å². The van der Waals surface area contributed by atoms with Gasteiger partial charge >= 0.3 is 6.18 Å². The molecular weight excluding hydrogens is 271 g/mol. The first-order valence-electron chi connectivity index (χ1n) is 6.93. The van der Waals surface area contributed by atoms with E-state index in [1.165, 1.54) is 0 Å². The third-order valence-corrected chi connectivity index (χ3v) is 3.26. The van der Waals surface area contributed by atoms with Crippen LogP contribution in [0.25, 0.3) is 0 Å². The van der Waals surface area contributed by atoms with E-state index in [9.17, 15) is 13.2 Å². The van der Waals surface area contributed by atoms with Crippen LogP contribution in [0.1, 0.15) is 30.6 Å². The molecule has 1 aromatic rings. The SMILES string of the molecule is CCCc1nc2c(n1CCOCC(F)(F)F)CCNC2. The van der Waals surface area contributed by atoms with Gasteiger partial charge in [-0.15, -0.1) is 0 Å². The summed E-state index contributed by atoms with van der Waals surface area (Å²) in [7, 11) is 0. The van der Waals surface area contributed by atoms with Gasteiger partial charge in [-0.25, -0.2) is 4.98 Å². The smallest absolute Gasteiger partial charge is 0.370 e. The van der Waals surface area contributed by atoms with Crippen LogP contribution in [0.3, 0.4) is 0 Å². The number of nitrogens with zero attached hydrogens (tertiary/aromatic N) is 2. The summed E-state index contributed by atoms with van der Waals surface area (Å²) in [6.07, 6.45) is -1.59. The number of halogens is 3. The molecule has 20 heavy (non-hydrogen) atoms. The second-order valence-electron chi connectivity index (χ2n) is 4.92. The van der Waals surface area contributed by atoms with Crippen molar-refractivity contribution in [2.24, 2.45) is 0 Å². The van der Waals surface area contributed by atoms with Gasteiger partial charge in [0.25, 0.3) is 0 Å². The Balaban J connectivity index is 2.00. The number of rotatable bonds is 6. The minimum atomic E-state index is -4.26. The summed E-state index contributed by atoms with van der Waals surface area (Å²) < 4.78 is 42.9. The first kappa shape index (κ1) is 15.3. The molecule has 0 spiro atoms. The first-order valence-corrected chi connectivity index (χ1v) is 6.93. The molecular formula is C13H20F3N3O. The molecule has 0 bridgehead atoms. The summed E-state index contributed by atoms with van der Waals surface area (Å²) in [6.45, 7) is 3.00. The van der Waals surface area contributed by atoms with E-state index in [-0.39, 0.29) is 6.61 Å². The average Bonchev–Trinajstić information content (AvgIpc) is 2.72.